The van der Waals surface area contributed by atoms with Gasteiger partial charge in [0.15, 0.2) is 0 Å². The van der Waals surface area contributed by atoms with E-state index in [2.05, 4.69) is 19.9 Å². The van der Waals surface area contributed by atoms with E-state index < -0.39 is 5.92 Å². The number of ether oxygens (including phenoxy) is 1. The van der Waals surface area contributed by atoms with Crippen LogP contribution in [0.3, 0.4) is 0 Å². The van der Waals surface area contributed by atoms with E-state index in [-0.39, 0.29) is 12.0 Å². The number of fused-ring (bicyclic) bond motifs is 3. The summed E-state index contributed by atoms with van der Waals surface area (Å²) in [5, 5.41) is 0. The third-order valence-corrected chi connectivity index (χ3v) is 8.02. The van der Waals surface area contributed by atoms with Crippen LogP contribution in [0.2, 0.25) is 0 Å². The van der Waals surface area contributed by atoms with E-state index in [0.717, 1.165) is 42.7 Å². The van der Waals surface area contributed by atoms with Gasteiger partial charge in [0, 0.05) is 12.0 Å². The molecule has 186 valence electrons. The van der Waals surface area contributed by atoms with Crippen molar-refractivity contribution < 1.29 is 13.5 Å². The van der Waals surface area contributed by atoms with E-state index in [4.69, 9.17) is 4.74 Å². The molecule has 0 atom stereocenters. The molecule has 0 heterocycles. The van der Waals surface area contributed by atoms with Crippen LogP contribution in [0.25, 0.3) is 11.1 Å². The fraction of sp³-hybridized carbons (Fsp3) is 0.613. The molecule has 4 rings (SSSR count). The molecule has 3 heteroatoms. The molecule has 0 N–H and O–H groups in total. The van der Waals surface area contributed by atoms with E-state index in [9.17, 15) is 0 Å². The molecule has 2 aromatic carbocycles. The maximum atomic E-state index is 15.3. The first kappa shape index (κ1) is 25.2. The molecule has 2 aromatic rings. The van der Waals surface area contributed by atoms with Crippen LogP contribution in [0, 0.1) is 5.92 Å². The Balaban J connectivity index is 1.45. The highest BCUT2D eigenvalue weighted by molar-refractivity contribution is 5.75. The van der Waals surface area contributed by atoms with Gasteiger partial charge >= 0.3 is 0 Å². The molecule has 2 aliphatic rings. The van der Waals surface area contributed by atoms with Crippen molar-refractivity contribution in [3.63, 3.8) is 0 Å². The van der Waals surface area contributed by atoms with Crippen molar-refractivity contribution in [2.45, 2.75) is 109 Å². The van der Waals surface area contributed by atoms with E-state index >= 15 is 8.78 Å². The minimum Gasteiger partial charge on any atom is -0.494 e. The molecule has 1 saturated carbocycles. The smallest absolute Gasteiger partial charge is 0.277 e. The van der Waals surface area contributed by atoms with Crippen molar-refractivity contribution in [3.05, 3.63) is 53.1 Å². The summed E-state index contributed by atoms with van der Waals surface area (Å²) >= 11 is 0. The van der Waals surface area contributed by atoms with Gasteiger partial charge in [0.25, 0.3) is 5.92 Å². The molecule has 0 unspecified atom stereocenters. The first-order valence-corrected chi connectivity index (χ1v) is 13.8. The van der Waals surface area contributed by atoms with Gasteiger partial charge in [-0.25, -0.2) is 8.78 Å². The van der Waals surface area contributed by atoms with Crippen LogP contribution in [-0.2, 0) is 12.3 Å². The van der Waals surface area contributed by atoms with Gasteiger partial charge < -0.3 is 4.74 Å². The molecule has 0 radical (unpaired) electrons. The Labute approximate surface area is 205 Å². The van der Waals surface area contributed by atoms with E-state index in [1.54, 1.807) is 0 Å². The second kappa shape index (κ2) is 11.7. The predicted molar refractivity (Wildman–Crippen MR) is 138 cm³/mol. The zero-order valence-electron chi connectivity index (χ0n) is 21.2. The lowest BCUT2D eigenvalue weighted by molar-refractivity contribution is -0.00495. The SMILES string of the molecule is CCCCCCOc1ccc2c(c1)CC(F)(F)c1cc([C@H]3CC[C@H](CCCCC)CC3)ccc1-2. The summed E-state index contributed by atoms with van der Waals surface area (Å²) in [5.74, 6) is -0.873. The molecule has 2 aliphatic carbocycles. The topological polar surface area (TPSA) is 9.23 Å². The normalized spacial score (nSPS) is 21.1. The maximum absolute atomic E-state index is 15.3. The molecule has 0 bridgehead atoms. The number of rotatable bonds is 11. The fourth-order valence-electron chi connectivity index (χ4n) is 5.94. The molecule has 1 fully saturated rings. The van der Waals surface area contributed by atoms with Gasteiger partial charge in [-0.15, -0.1) is 0 Å². The van der Waals surface area contributed by atoms with Crippen LogP contribution < -0.4 is 4.74 Å². The van der Waals surface area contributed by atoms with Crippen molar-refractivity contribution in [3.8, 4) is 16.9 Å². The van der Waals surface area contributed by atoms with E-state index in [0.29, 0.717) is 29.4 Å². The zero-order valence-corrected chi connectivity index (χ0v) is 21.2. The lowest BCUT2D eigenvalue weighted by Crippen LogP contribution is -2.23. The third kappa shape index (κ3) is 6.01. The summed E-state index contributed by atoms with van der Waals surface area (Å²) in [4.78, 5) is 0. The summed E-state index contributed by atoms with van der Waals surface area (Å²) < 4.78 is 36.5. The van der Waals surface area contributed by atoms with Crippen molar-refractivity contribution in [2.24, 2.45) is 5.92 Å². The number of unbranched alkanes of at least 4 members (excludes halogenated alkanes) is 5. The summed E-state index contributed by atoms with van der Waals surface area (Å²) in [7, 11) is 0. The van der Waals surface area contributed by atoms with Crippen molar-refractivity contribution in [2.75, 3.05) is 6.61 Å². The van der Waals surface area contributed by atoms with Crippen LogP contribution in [0.15, 0.2) is 36.4 Å². The fourth-order valence-corrected chi connectivity index (χ4v) is 5.94. The van der Waals surface area contributed by atoms with Crippen LogP contribution in [0.1, 0.15) is 114 Å². The number of hydrogen-bond donors (Lipinski definition) is 0. The van der Waals surface area contributed by atoms with E-state index in [1.807, 2.05) is 30.3 Å². The highest BCUT2D eigenvalue weighted by atomic mass is 19.3. The summed E-state index contributed by atoms with van der Waals surface area (Å²) in [6, 6.07) is 11.7. The van der Waals surface area contributed by atoms with E-state index in [1.165, 1.54) is 51.4 Å². The standard InChI is InChI=1S/C31H42F2O/c1-3-5-7-9-19-34-27-16-18-28-26(20-27)22-31(32,33)30-21-25(15-17-29(28)30)24-13-11-23(12-14-24)10-8-6-4-2/h15-18,20-21,23-24H,3-14,19,22H2,1-2H3/t23-,24-. The van der Waals surface area contributed by atoms with Gasteiger partial charge in [-0.3, -0.25) is 0 Å². The Hall–Kier alpha value is -1.90. The number of halogens is 2. The van der Waals surface area contributed by atoms with Crippen LogP contribution in [0.4, 0.5) is 8.78 Å². The van der Waals surface area contributed by atoms with Crippen molar-refractivity contribution in [1.29, 1.82) is 0 Å². The third-order valence-electron chi connectivity index (χ3n) is 8.02. The second-order valence-electron chi connectivity index (χ2n) is 10.6. The molecule has 0 aliphatic heterocycles. The average Bonchev–Trinajstić information content (AvgIpc) is 2.84. The molecule has 1 nitrogen and oxygen atoms in total. The Morgan fingerprint density at radius 2 is 1.56 bits per heavy atom. The van der Waals surface area contributed by atoms with Crippen molar-refractivity contribution >= 4 is 0 Å². The lowest BCUT2D eigenvalue weighted by atomic mass is 9.75. The first-order valence-electron chi connectivity index (χ1n) is 13.8. The molecule has 0 aromatic heterocycles. The molecule has 0 spiro atoms. The molecular weight excluding hydrogens is 426 g/mol. The minimum absolute atomic E-state index is 0.218. The molecule has 0 amide bonds. The Morgan fingerprint density at radius 1 is 0.824 bits per heavy atom. The molecule has 34 heavy (non-hydrogen) atoms. The first-order chi connectivity index (χ1) is 16.5. The average molecular weight is 469 g/mol. The molecular formula is C31H42F2O. The van der Waals surface area contributed by atoms with Gasteiger partial charge in [0.05, 0.1) is 6.61 Å². The highest BCUT2D eigenvalue weighted by Gasteiger charge is 2.40. The van der Waals surface area contributed by atoms with Gasteiger partial charge in [-0.2, -0.15) is 0 Å². The zero-order chi connectivity index (χ0) is 24.0. The quantitative estimate of drug-likeness (QED) is 0.298. The maximum Gasteiger partial charge on any atom is 0.277 e. The van der Waals surface area contributed by atoms with Gasteiger partial charge in [0.1, 0.15) is 5.75 Å². The van der Waals surface area contributed by atoms with Crippen LogP contribution in [0.5, 0.6) is 5.75 Å². The van der Waals surface area contributed by atoms with Crippen LogP contribution in [-0.4, -0.2) is 6.61 Å². The number of alkyl halides is 2. The second-order valence-corrected chi connectivity index (χ2v) is 10.6. The van der Waals surface area contributed by atoms with Gasteiger partial charge in [0.2, 0.25) is 0 Å². The van der Waals surface area contributed by atoms with Gasteiger partial charge in [-0.1, -0.05) is 77.0 Å². The monoisotopic (exact) mass is 468 g/mol. The number of benzene rings is 2. The Kier molecular flexibility index (Phi) is 8.66. The summed E-state index contributed by atoms with van der Waals surface area (Å²) in [6.45, 7) is 5.09. The largest absolute Gasteiger partial charge is 0.494 e. The summed E-state index contributed by atoms with van der Waals surface area (Å²) in [6.07, 6.45) is 14.3. The Morgan fingerprint density at radius 3 is 2.32 bits per heavy atom. The van der Waals surface area contributed by atoms with Crippen LogP contribution >= 0.6 is 0 Å². The lowest BCUT2D eigenvalue weighted by Gasteiger charge is -2.32. The minimum atomic E-state index is -2.84. The Bertz CT molecular complexity index is 927. The summed E-state index contributed by atoms with van der Waals surface area (Å²) in [5.41, 5.74) is 3.66. The highest BCUT2D eigenvalue weighted by Crippen LogP contribution is 2.48. The van der Waals surface area contributed by atoms with Crippen molar-refractivity contribution in [1.82, 2.24) is 0 Å². The number of hydrogen-bond acceptors (Lipinski definition) is 1. The molecule has 0 saturated heterocycles. The van der Waals surface area contributed by atoms with Gasteiger partial charge in [-0.05, 0) is 84.4 Å². The predicted octanol–water partition coefficient (Wildman–Crippen LogP) is 9.81.